The molecule has 0 radical (unpaired) electrons. The average molecular weight is 309 g/mol. The topological polar surface area (TPSA) is 63.6 Å². The van der Waals surface area contributed by atoms with E-state index in [1.54, 1.807) is 18.2 Å². The van der Waals surface area contributed by atoms with Crippen molar-refractivity contribution in [2.45, 2.75) is 4.90 Å². The van der Waals surface area contributed by atoms with Crippen LogP contribution in [-0.2, 0) is 14.8 Å². The standard InChI is InChI=1S/C7H4INO3S/c8-6-3-1-2-4-7(6)13(11,12)9-5-10/h1-4H. The van der Waals surface area contributed by atoms with Crippen LogP contribution in [0.5, 0.6) is 0 Å². The Labute approximate surface area is 88.9 Å². The van der Waals surface area contributed by atoms with E-state index >= 15 is 0 Å². The Balaban J connectivity index is 3.39. The molecule has 0 bridgehead atoms. The van der Waals surface area contributed by atoms with Crippen molar-refractivity contribution in [3.8, 4) is 0 Å². The lowest BCUT2D eigenvalue weighted by atomic mass is 10.4. The Morgan fingerprint density at radius 2 is 1.92 bits per heavy atom. The molecule has 0 aliphatic rings. The molecule has 0 saturated carbocycles. The summed E-state index contributed by atoms with van der Waals surface area (Å²) < 4.78 is 25.7. The number of carbonyl (C=O) groups excluding carboxylic acids is 1. The van der Waals surface area contributed by atoms with Gasteiger partial charge in [-0.2, -0.15) is 8.42 Å². The highest BCUT2D eigenvalue weighted by atomic mass is 127. The molecular weight excluding hydrogens is 305 g/mol. The van der Waals surface area contributed by atoms with Crippen LogP contribution >= 0.6 is 22.6 Å². The highest BCUT2D eigenvalue weighted by molar-refractivity contribution is 14.1. The lowest BCUT2D eigenvalue weighted by Gasteiger charge is -1.98. The molecule has 1 rings (SSSR count). The minimum Gasteiger partial charge on any atom is -0.210 e. The Kier molecular flexibility index (Phi) is 3.18. The maximum atomic E-state index is 11.2. The predicted molar refractivity (Wildman–Crippen MR) is 54.5 cm³/mol. The van der Waals surface area contributed by atoms with Crippen molar-refractivity contribution in [2.24, 2.45) is 4.40 Å². The Bertz CT molecular complexity index is 462. The Morgan fingerprint density at radius 1 is 1.31 bits per heavy atom. The largest absolute Gasteiger partial charge is 0.293 e. The smallest absolute Gasteiger partial charge is 0.210 e. The number of sulfonamides is 1. The zero-order valence-corrected chi connectivity index (χ0v) is 9.24. The number of hydrogen-bond donors (Lipinski definition) is 0. The number of hydrogen-bond acceptors (Lipinski definition) is 3. The van der Waals surface area contributed by atoms with Crippen molar-refractivity contribution in [1.29, 1.82) is 0 Å². The first-order chi connectivity index (χ1) is 6.08. The fraction of sp³-hybridized carbons (Fsp3) is 0. The Hall–Kier alpha value is -0.720. The minimum absolute atomic E-state index is 0.0268. The molecule has 1 aromatic rings. The molecule has 0 aliphatic heterocycles. The van der Waals surface area contributed by atoms with Gasteiger partial charge in [0.05, 0.1) is 0 Å². The summed E-state index contributed by atoms with van der Waals surface area (Å²) in [6.07, 6.45) is 1.02. The molecule has 6 heteroatoms. The van der Waals surface area contributed by atoms with Crippen LogP contribution in [0.15, 0.2) is 33.6 Å². The molecule has 0 aromatic heterocycles. The summed E-state index contributed by atoms with van der Waals surface area (Å²) in [5, 5.41) is 0. The van der Waals surface area contributed by atoms with E-state index in [4.69, 9.17) is 0 Å². The summed E-state index contributed by atoms with van der Waals surface area (Å²) >= 11 is 1.86. The molecule has 0 unspecified atom stereocenters. The number of benzene rings is 1. The average Bonchev–Trinajstić information content (AvgIpc) is 2.04. The number of nitrogens with zero attached hydrogens (tertiary/aromatic N) is 1. The predicted octanol–water partition coefficient (Wildman–Crippen LogP) is 1.32. The summed E-state index contributed by atoms with van der Waals surface area (Å²) in [6.45, 7) is 0. The van der Waals surface area contributed by atoms with Gasteiger partial charge in [0.15, 0.2) is 0 Å². The van der Waals surface area contributed by atoms with Gasteiger partial charge in [-0.25, -0.2) is 4.79 Å². The third-order valence-corrected chi connectivity index (χ3v) is 3.81. The van der Waals surface area contributed by atoms with Crippen molar-refractivity contribution < 1.29 is 13.2 Å². The molecule has 0 heterocycles. The van der Waals surface area contributed by atoms with Gasteiger partial charge in [0.2, 0.25) is 0 Å². The minimum atomic E-state index is -3.85. The van der Waals surface area contributed by atoms with Gasteiger partial charge >= 0.3 is 0 Å². The molecule has 0 fully saturated rings. The second-order valence-electron chi connectivity index (χ2n) is 2.09. The van der Waals surface area contributed by atoms with Gasteiger partial charge in [0.25, 0.3) is 16.1 Å². The first kappa shape index (κ1) is 10.4. The van der Waals surface area contributed by atoms with Crippen molar-refractivity contribution in [3.05, 3.63) is 27.8 Å². The van der Waals surface area contributed by atoms with Gasteiger partial charge in [-0.15, -0.1) is 0 Å². The molecule has 0 spiro atoms. The van der Waals surface area contributed by atoms with Gasteiger partial charge in [-0.05, 0) is 34.7 Å². The summed E-state index contributed by atoms with van der Waals surface area (Å²) in [5.74, 6) is 0. The molecule has 1 aromatic carbocycles. The van der Waals surface area contributed by atoms with Crippen LogP contribution in [0.3, 0.4) is 0 Å². The van der Waals surface area contributed by atoms with Crippen LogP contribution in [0.2, 0.25) is 0 Å². The number of halogens is 1. The van der Waals surface area contributed by atoms with Crippen LogP contribution < -0.4 is 0 Å². The molecular formula is C7H4INO3S. The van der Waals surface area contributed by atoms with Gasteiger partial charge in [-0.1, -0.05) is 16.5 Å². The summed E-state index contributed by atoms with van der Waals surface area (Å²) in [6, 6.07) is 6.27. The van der Waals surface area contributed by atoms with Crippen LogP contribution in [0.4, 0.5) is 0 Å². The lowest BCUT2D eigenvalue weighted by Crippen LogP contribution is -1.98. The van der Waals surface area contributed by atoms with Crippen molar-refractivity contribution in [1.82, 2.24) is 0 Å². The molecule has 13 heavy (non-hydrogen) atoms. The fourth-order valence-electron chi connectivity index (χ4n) is 0.752. The van der Waals surface area contributed by atoms with Gasteiger partial charge in [-0.3, -0.25) is 0 Å². The second-order valence-corrected chi connectivity index (χ2v) is 4.82. The van der Waals surface area contributed by atoms with Crippen LogP contribution in [0, 0.1) is 3.57 Å². The molecule has 0 amide bonds. The molecule has 0 N–H and O–H groups in total. The highest BCUT2D eigenvalue weighted by Gasteiger charge is 2.15. The Morgan fingerprint density at radius 3 is 2.46 bits per heavy atom. The van der Waals surface area contributed by atoms with Gasteiger partial charge in [0.1, 0.15) is 4.90 Å². The third-order valence-electron chi connectivity index (χ3n) is 1.27. The second kappa shape index (κ2) is 3.99. The zero-order chi connectivity index (χ0) is 9.90. The first-order valence-electron chi connectivity index (χ1n) is 3.16. The SMILES string of the molecule is O=C=NS(=O)(=O)c1ccccc1I. The molecule has 0 atom stereocenters. The van der Waals surface area contributed by atoms with E-state index in [-0.39, 0.29) is 4.90 Å². The molecule has 0 saturated heterocycles. The van der Waals surface area contributed by atoms with E-state index in [1.165, 1.54) is 6.07 Å². The third kappa shape index (κ3) is 2.36. The van der Waals surface area contributed by atoms with Crippen LogP contribution in [0.25, 0.3) is 0 Å². The molecule has 0 aliphatic carbocycles. The van der Waals surface area contributed by atoms with Crippen molar-refractivity contribution >= 4 is 38.7 Å². The maximum absolute atomic E-state index is 11.2. The summed E-state index contributed by atoms with van der Waals surface area (Å²) in [4.78, 5) is 9.86. The normalized spacial score (nSPS) is 10.5. The number of rotatable bonds is 2. The summed E-state index contributed by atoms with van der Waals surface area (Å²) in [7, 11) is -3.85. The first-order valence-corrected chi connectivity index (χ1v) is 5.68. The van der Waals surface area contributed by atoms with Crippen molar-refractivity contribution in [2.75, 3.05) is 0 Å². The maximum Gasteiger partial charge on any atom is 0.293 e. The molecule has 4 nitrogen and oxygen atoms in total. The molecule has 68 valence electrons. The van der Waals surface area contributed by atoms with Crippen LogP contribution in [-0.4, -0.2) is 14.5 Å². The lowest BCUT2D eigenvalue weighted by molar-refractivity contribution is 0.563. The highest BCUT2D eigenvalue weighted by Crippen LogP contribution is 2.18. The summed E-state index contributed by atoms with van der Waals surface area (Å²) in [5.41, 5.74) is 0. The van der Waals surface area contributed by atoms with E-state index in [9.17, 15) is 13.2 Å². The van der Waals surface area contributed by atoms with E-state index in [2.05, 4.69) is 4.40 Å². The fourth-order valence-corrected chi connectivity index (χ4v) is 2.74. The van der Waals surface area contributed by atoms with Gasteiger partial charge < -0.3 is 0 Å². The van der Waals surface area contributed by atoms with E-state index < -0.39 is 10.0 Å². The zero-order valence-electron chi connectivity index (χ0n) is 6.27. The van der Waals surface area contributed by atoms with E-state index in [0.717, 1.165) is 6.08 Å². The van der Waals surface area contributed by atoms with Crippen LogP contribution in [0.1, 0.15) is 0 Å². The quantitative estimate of drug-likeness (QED) is 0.470. The monoisotopic (exact) mass is 309 g/mol. The van der Waals surface area contributed by atoms with E-state index in [0.29, 0.717) is 3.57 Å². The van der Waals surface area contributed by atoms with Crippen molar-refractivity contribution in [3.63, 3.8) is 0 Å². The van der Waals surface area contributed by atoms with Gasteiger partial charge in [0, 0.05) is 3.57 Å². The van der Waals surface area contributed by atoms with E-state index in [1.807, 2.05) is 22.6 Å². The number of isocyanates is 1.